The van der Waals surface area contributed by atoms with Gasteiger partial charge in [0.1, 0.15) is 5.78 Å². The largest absolute Gasteiger partial charge is 0.384 e. The summed E-state index contributed by atoms with van der Waals surface area (Å²) in [5.41, 5.74) is 4.89. The van der Waals surface area contributed by atoms with Crippen LogP contribution < -0.4 is 5.32 Å². The molecule has 99 valence electrons. The van der Waals surface area contributed by atoms with Gasteiger partial charge in [0.15, 0.2) is 0 Å². The number of rotatable bonds is 5. The van der Waals surface area contributed by atoms with E-state index in [1.807, 2.05) is 25.7 Å². The van der Waals surface area contributed by atoms with Gasteiger partial charge in [0, 0.05) is 24.6 Å². The Kier molecular flexibility index (Phi) is 4.62. The molecule has 1 aliphatic rings. The molecule has 2 heteroatoms. The number of carbonyl (C=O) groups excluding carboxylic acids is 1. The lowest BCUT2D eigenvalue weighted by atomic mass is 10.00. The Morgan fingerprint density at radius 2 is 1.63 bits per heavy atom. The van der Waals surface area contributed by atoms with Gasteiger partial charge in [0.2, 0.25) is 0 Å². The van der Waals surface area contributed by atoms with Gasteiger partial charge in [-0.2, -0.15) is 0 Å². The van der Waals surface area contributed by atoms with E-state index < -0.39 is 0 Å². The van der Waals surface area contributed by atoms with E-state index in [1.54, 1.807) is 0 Å². The quantitative estimate of drug-likeness (QED) is 0.872. The highest BCUT2D eigenvalue weighted by Crippen LogP contribution is 2.25. The van der Waals surface area contributed by atoms with Crippen LogP contribution in [-0.2, 0) is 4.79 Å². The normalized spacial score (nSPS) is 15.7. The van der Waals surface area contributed by atoms with Crippen LogP contribution in [0.15, 0.2) is 12.1 Å². The third-order valence-corrected chi connectivity index (χ3v) is 3.32. The van der Waals surface area contributed by atoms with Crippen LogP contribution in [0.4, 0.5) is 5.69 Å². The third kappa shape index (κ3) is 3.59. The average Bonchev–Trinajstić information content (AvgIpc) is 2.85. The fourth-order valence-corrected chi connectivity index (χ4v) is 2.46. The molecule has 2 nitrogen and oxygen atoms in total. The molecule has 0 heterocycles. The Morgan fingerprint density at radius 3 is 2.21 bits per heavy atom. The molecule has 1 fully saturated rings. The second-order valence-electron chi connectivity index (χ2n) is 5.05. The van der Waals surface area contributed by atoms with E-state index in [0.717, 1.165) is 11.6 Å². The molecular weight excluding hydrogens is 234 g/mol. The first-order valence-electron chi connectivity index (χ1n) is 6.64. The molecule has 1 N–H and O–H groups in total. The first kappa shape index (κ1) is 14.1. The first-order valence-corrected chi connectivity index (χ1v) is 6.64. The van der Waals surface area contributed by atoms with Crippen LogP contribution in [0.3, 0.4) is 0 Å². The number of benzene rings is 1. The summed E-state index contributed by atoms with van der Waals surface area (Å²) in [6.07, 6.45) is 8.05. The lowest BCUT2D eigenvalue weighted by molar-refractivity contribution is -0.116. The minimum atomic E-state index is 0.194. The third-order valence-electron chi connectivity index (χ3n) is 3.32. The molecule has 0 atom stereocenters. The van der Waals surface area contributed by atoms with Crippen molar-refractivity contribution in [1.29, 1.82) is 0 Å². The highest BCUT2D eigenvalue weighted by atomic mass is 16.1. The smallest absolute Gasteiger partial charge is 0.142 e. The lowest BCUT2D eigenvalue weighted by Gasteiger charge is -2.14. The SMILES string of the molecule is Cc1cc(C)c(NCCC(=O)[C]2[CH][CH][CH][CH]2)c(C)c1. The maximum atomic E-state index is 11.9. The van der Waals surface area contributed by atoms with Crippen LogP contribution in [0.2, 0.25) is 0 Å². The zero-order chi connectivity index (χ0) is 13.8. The van der Waals surface area contributed by atoms with E-state index in [-0.39, 0.29) is 5.78 Å². The molecule has 1 aliphatic carbocycles. The van der Waals surface area contributed by atoms with Crippen molar-refractivity contribution in [3.05, 3.63) is 60.4 Å². The second-order valence-corrected chi connectivity index (χ2v) is 5.05. The zero-order valence-electron chi connectivity index (χ0n) is 11.8. The Balaban J connectivity index is 1.87. The summed E-state index contributed by atoms with van der Waals surface area (Å²) < 4.78 is 0. The number of aryl methyl sites for hydroxylation is 3. The predicted molar refractivity (Wildman–Crippen MR) is 79.2 cm³/mol. The van der Waals surface area contributed by atoms with Crippen LogP contribution in [0.5, 0.6) is 0 Å². The molecule has 1 aromatic carbocycles. The van der Waals surface area contributed by atoms with Crippen molar-refractivity contribution in [3.63, 3.8) is 0 Å². The molecule has 0 amide bonds. The standard InChI is InChI=1S/C17H20NO/c1-12-10-13(2)17(14(3)11-12)18-9-8-16(19)15-6-4-5-7-15/h4-7,10-11,18H,8-9H2,1-3H3. The van der Waals surface area contributed by atoms with Gasteiger partial charge < -0.3 is 5.32 Å². The molecule has 0 saturated heterocycles. The molecule has 0 spiro atoms. The van der Waals surface area contributed by atoms with Crippen molar-refractivity contribution < 1.29 is 4.79 Å². The summed E-state index contributed by atoms with van der Waals surface area (Å²) in [6, 6.07) is 4.32. The molecule has 0 aromatic heterocycles. The molecule has 19 heavy (non-hydrogen) atoms. The first-order chi connectivity index (χ1) is 9.08. The maximum absolute atomic E-state index is 11.9. The molecule has 1 aromatic rings. The Labute approximate surface area is 116 Å². The van der Waals surface area contributed by atoms with Crippen LogP contribution in [-0.4, -0.2) is 12.3 Å². The van der Waals surface area contributed by atoms with E-state index in [1.165, 1.54) is 16.7 Å². The van der Waals surface area contributed by atoms with E-state index >= 15 is 0 Å². The van der Waals surface area contributed by atoms with Crippen LogP contribution >= 0.6 is 0 Å². The summed E-state index contributed by atoms with van der Waals surface area (Å²) in [5.74, 6) is 0.999. The van der Waals surface area contributed by atoms with Gasteiger partial charge in [-0.05, 0) is 57.6 Å². The summed E-state index contributed by atoms with van der Waals surface area (Å²) >= 11 is 0. The Bertz CT molecular complexity index is 435. The van der Waals surface area contributed by atoms with Crippen molar-refractivity contribution in [2.45, 2.75) is 27.2 Å². The highest BCUT2D eigenvalue weighted by molar-refractivity contribution is 5.97. The molecule has 5 radical (unpaired) electrons. The van der Waals surface area contributed by atoms with Gasteiger partial charge in [-0.1, -0.05) is 17.7 Å². The summed E-state index contributed by atoms with van der Waals surface area (Å²) in [6.45, 7) is 6.97. The van der Waals surface area contributed by atoms with Gasteiger partial charge in [-0.3, -0.25) is 4.79 Å². The van der Waals surface area contributed by atoms with E-state index in [2.05, 4.69) is 38.2 Å². The van der Waals surface area contributed by atoms with Gasteiger partial charge in [-0.25, -0.2) is 0 Å². The molecule has 0 bridgehead atoms. The number of hydrogen-bond donors (Lipinski definition) is 1. The molecule has 0 unspecified atom stereocenters. The topological polar surface area (TPSA) is 29.1 Å². The number of carbonyl (C=O) groups is 1. The molecule has 0 aliphatic heterocycles. The van der Waals surface area contributed by atoms with Gasteiger partial charge in [0.05, 0.1) is 0 Å². The fraction of sp³-hybridized carbons (Fsp3) is 0.294. The van der Waals surface area contributed by atoms with Crippen molar-refractivity contribution in [2.75, 3.05) is 11.9 Å². The fourth-order valence-electron chi connectivity index (χ4n) is 2.46. The number of ketones is 1. The number of hydrogen-bond acceptors (Lipinski definition) is 2. The van der Waals surface area contributed by atoms with Crippen LogP contribution in [0, 0.1) is 52.4 Å². The Morgan fingerprint density at radius 1 is 1.05 bits per heavy atom. The van der Waals surface area contributed by atoms with Gasteiger partial charge in [0.25, 0.3) is 0 Å². The van der Waals surface area contributed by atoms with Crippen LogP contribution in [0.1, 0.15) is 23.1 Å². The summed E-state index contributed by atoms with van der Waals surface area (Å²) in [7, 11) is 0. The van der Waals surface area contributed by atoms with Crippen molar-refractivity contribution in [3.8, 4) is 0 Å². The van der Waals surface area contributed by atoms with Crippen LogP contribution in [0.25, 0.3) is 0 Å². The monoisotopic (exact) mass is 254 g/mol. The highest BCUT2D eigenvalue weighted by Gasteiger charge is 2.23. The average molecular weight is 254 g/mol. The van der Waals surface area contributed by atoms with Gasteiger partial charge >= 0.3 is 0 Å². The lowest BCUT2D eigenvalue weighted by Crippen LogP contribution is -2.15. The summed E-state index contributed by atoms with van der Waals surface area (Å²) in [4.78, 5) is 11.9. The van der Waals surface area contributed by atoms with Crippen molar-refractivity contribution in [1.82, 2.24) is 0 Å². The van der Waals surface area contributed by atoms with Gasteiger partial charge in [-0.15, -0.1) is 0 Å². The predicted octanol–water partition coefficient (Wildman–Crippen LogP) is 3.39. The zero-order valence-corrected chi connectivity index (χ0v) is 11.8. The Hall–Kier alpha value is -1.31. The van der Waals surface area contributed by atoms with Crippen molar-refractivity contribution >= 4 is 11.5 Å². The van der Waals surface area contributed by atoms with E-state index in [4.69, 9.17) is 0 Å². The maximum Gasteiger partial charge on any atom is 0.142 e. The number of Topliss-reactive ketones (excluding diaryl/α,β-unsaturated/α-hetero) is 1. The number of anilines is 1. The second kappa shape index (κ2) is 6.23. The van der Waals surface area contributed by atoms with Crippen molar-refractivity contribution in [2.24, 2.45) is 0 Å². The van der Waals surface area contributed by atoms with E-state index in [9.17, 15) is 4.79 Å². The number of nitrogens with one attached hydrogen (secondary N) is 1. The van der Waals surface area contributed by atoms with E-state index in [0.29, 0.717) is 13.0 Å². The molecular formula is C17H20NO. The molecule has 2 rings (SSSR count). The molecule has 1 saturated carbocycles. The summed E-state index contributed by atoms with van der Waals surface area (Å²) in [5, 5.41) is 3.38. The minimum Gasteiger partial charge on any atom is -0.384 e. The minimum absolute atomic E-state index is 0.194.